The van der Waals surface area contributed by atoms with Gasteiger partial charge in [0, 0.05) is 24.0 Å². The van der Waals surface area contributed by atoms with E-state index in [4.69, 9.17) is 0 Å². The fraction of sp³-hybridized carbons (Fsp3) is 0.400. The minimum atomic E-state index is 0.141. The van der Waals surface area contributed by atoms with Crippen molar-refractivity contribution in [2.45, 2.75) is 26.2 Å². The molecule has 3 nitrogen and oxygen atoms in total. The van der Waals surface area contributed by atoms with Crippen LogP contribution in [0.3, 0.4) is 0 Å². The summed E-state index contributed by atoms with van der Waals surface area (Å²) in [6, 6.07) is 8.32. The molecule has 3 heteroatoms. The van der Waals surface area contributed by atoms with Crippen LogP contribution in [0, 0.1) is 0 Å². The number of carbonyl (C=O) groups excluding carboxylic acids is 1. The van der Waals surface area contributed by atoms with Gasteiger partial charge in [0.05, 0.1) is 0 Å². The molecule has 0 bridgehead atoms. The molecule has 1 aromatic heterocycles. The molecule has 1 N–H and O–H groups in total. The highest BCUT2D eigenvalue weighted by Crippen LogP contribution is 2.20. The molecular weight excluding hydrogens is 224 g/mol. The zero-order chi connectivity index (χ0) is 12.5. The van der Waals surface area contributed by atoms with Crippen molar-refractivity contribution in [1.82, 2.24) is 9.88 Å². The van der Waals surface area contributed by atoms with Gasteiger partial charge in [-0.3, -0.25) is 4.79 Å². The zero-order valence-electron chi connectivity index (χ0n) is 10.7. The van der Waals surface area contributed by atoms with E-state index in [1.807, 2.05) is 11.0 Å². The molecule has 0 unspecified atom stereocenters. The van der Waals surface area contributed by atoms with Gasteiger partial charge in [-0.2, -0.15) is 0 Å². The second-order valence-corrected chi connectivity index (χ2v) is 4.96. The summed E-state index contributed by atoms with van der Waals surface area (Å²) >= 11 is 0. The third-order valence-corrected chi connectivity index (χ3v) is 3.72. The smallest absolute Gasteiger partial charge is 0.270 e. The Morgan fingerprint density at radius 1 is 1.28 bits per heavy atom. The Bertz CT molecular complexity index is 579. The number of benzene rings is 1. The fourth-order valence-corrected chi connectivity index (χ4v) is 2.61. The van der Waals surface area contributed by atoms with Gasteiger partial charge in [-0.1, -0.05) is 13.0 Å². The number of H-pyrrole nitrogens is 1. The first-order valence-electron chi connectivity index (χ1n) is 6.69. The molecule has 18 heavy (non-hydrogen) atoms. The lowest BCUT2D eigenvalue weighted by Crippen LogP contribution is -2.27. The Labute approximate surface area is 107 Å². The van der Waals surface area contributed by atoms with Crippen LogP contribution in [0.5, 0.6) is 0 Å². The summed E-state index contributed by atoms with van der Waals surface area (Å²) in [5, 5.41) is 1.14. The van der Waals surface area contributed by atoms with Crippen molar-refractivity contribution in [3.63, 3.8) is 0 Å². The Hall–Kier alpha value is -1.77. The second kappa shape index (κ2) is 4.48. The summed E-state index contributed by atoms with van der Waals surface area (Å²) in [5.74, 6) is 0.141. The van der Waals surface area contributed by atoms with Gasteiger partial charge in [-0.05, 0) is 43.0 Å². The zero-order valence-corrected chi connectivity index (χ0v) is 10.7. The van der Waals surface area contributed by atoms with E-state index in [1.165, 1.54) is 5.56 Å². The van der Waals surface area contributed by atoms with Crippen LogP contribution in [0.25, 0.3) is 10.9 Å². The van der Waals surface area contributed by atoms with Crippen molar-refractivity contribution in [2.24, 2.45) is 0 Å². The lowest BCUT2D eigenvalue weighted by Gasteiger charge is -2.13. The molecule has 0 aliphatic carbocycles. The summed E-state index contributed by atoms with van der Waals surface area (Å²) in [4.78, 5) is 17.4. The highest BCUT2D eigenvalue weighted by molar-refractivity contribution is 5.98. The van der Waals surface area contributed by atoms with E-state index in [2.05, 4.69) is 30.1 Å². The molecule has 2 heterocycles. The van der Waals surface area contributed by atoms with Crippen LogP contribution in [-0.2, 0) is 6.42 Å². The van der Waals surface area contributed by atoms with Crippen molar-refractivity contribution in [2.75, 3.05) is 13.1 Å². The molecule has 1 saturated heterocycles. The predicted molar refractivity (Wildman–Crippen MR) is 72.8 cm³/mol. The third kappa shape index (κ3) is 1.90. The molecule has 3 rings (SSSR count). The first kappa shape index (κ1) is 11.3. The number of nitrogens with one attached hydrogen (secondary N) is 1. The molecule has 0 saturated carbocycles. The van der Waals surface area contributed by atoms with Crippen molar-refractivity contribution in [3.05, 3.63) is 35.5 Å². The molecule has 1 aromatic carbocycles. The Morgan fingerprint density at radius 2 is 2.06 bits per heavy atom. The van der Waals surface area contributed by atoms with Crippen LogP contribution in [0.4, 0.5) is 0 Å². The van der Waals surface area contributed by atoms with Crippen LogP contribution in [-0.4, -0.2) is 28.9 Å². The summed E-state index contributed by atoms with van der Waals surface area (Å²) in [5.41, 5.74) is 3.08. The average Bonchev–Trinajstić information content (AvgIpc) is 3.05. The Balaban J connectivity index is 1.94. The van der Waals surface area contributed by atoms with E-state index < -0.39 is 0 Å². The summed E-state index contributed by atoms with van der Waals surface area (Å²) in [7, 11) is 0. The van der Waals surface area contributed by atoms with Crippen LogP contribution >= 0.6 is 0 Å². The molecule has 94 valence electrons. The van der Waals surface area contributed by atoms with E-state index in [9.17, 15) is 4.79 Å². The van der Waals surface area contributed by atoms with Crippen molar-refractivity contribution >= 4 is 16.8 Å². The number of aromatic nitrogens is 1. The van der Waals surface area contributed by atoms with Gasteiger partial charge in [0.15, 0.2) is 0 Å². The number of rotatable bonds is 2. The number of aryl methyl sites for hydroxylation is 1. The maximum absolute atomic E-state index is 12.3. The lowest BCUT2D eigenvalue weighted by atomic mass is 10.1. The normalized spacial score (nSPS) is 15.5. The molecule has 1 fully saturated rings. The lowest BCUT2D eigenvalue weighted by molar-refractivity contribution is 0.0788. The van der Waals surface area contributed by atoms with E-state index in [0.29, 0.717) is 0 Å². The van der Waals surface area contributed by atoms with Gasteiger partial charge >= 0.3 is 0 Å². The van der Waals surface area contributed by atoms with E-state index in [1.54, 1.807) is 0 Å². The quantitative estimate of drug-likeness (QED) is 0.863. The predicted octanol–water partition coefficient (Wildman–Crippen LogP) is 2.97. The number of hydrogen-bond acceptors (Lipinski definition) is 1. The number of aromatic amines is 1. The molecule has 0 radical (unpaired) electrons. The summed E-state index contributed by atoms with van der Waals surface area (Å²) in [6.07, 6.45) is 3.29. The number of likely N-dealkylation sites (tertiary alicyclic amines) is 1. The number of fused-ring (bicyclic) bond motifs is 1. The number of hydrogen-bond donors (Lipinski definition) is 1. The third-order valence-electron chi connectivity index (χ3n) is 3.72. The SMILES string of the molecule is CCc1ccc2[nH]c(C(=O)N3CCCC3)cc2c1. The number of carbonyl (C=O) groups is 1. The largest absolute Gasteiger partial charge is 0.351 e. The molecular formula is C15H18N2O. The molecule has 0 atom stereocenters. The second-order valence-electron chi connectivity index (χ2n) is 4.96. The van der Waals surface area contributed by atoms with Gasteiger partial charge < -0.3 is 9.88 Å². The van der Waals surface area contributed by atoms with Gasteiger partial charge in [-0.25, -0.2) is 0 Å². The van der Waals surface area contributed by atoms with E-state index in [0.717, 1.165) is 48.9 Å². The maximum Gasteiger partial charge on any atom is 0.270 e. The van der Waals surface area contributed by atoms with Crippen molar-refractivity contribution < 1.29 is 4.79 Å². The van der Waals surface area contributed by atoms with Crippen LogP contribution in [0.2, 0.25) is 0 Å². The highest BCUT2D eigenvalue weighted by Gasteiger charge is 2.20. The summed E-state index contributed by atoms with van der Waals surface area (Å²) in [6.45, 7) is 3.94. The first-order chi connectivity index (χ1) is 8.78. The van der Waals surface area contributed by atoms with Crippen LogP contribution < -0.4 is 0 Å². The van der Waals surface area contributed by atoms with Crippen LogP contribution in [0.1, 0.15) is 35.8 Å². The van der Waals surface area contributed by atoms with Gasteiger partial charge in [-0.15, -0.1) is 0 Å². The standard InChI is InChI=1S/C15H18N2O/c1-2-11-5-6-13-12(9-11)10-14(16-13)15(18)17-7-3-4-8-17/h5-6,9-10,16H,2-4,7-8H2,1H3. The minimum absolute atomic E-state index is 0.141. The topological polar surface area (TPSA) is 36.1 Å². The fourth-order valence-electron chi connectivity index (χ4n) is 2.61. The Morgan fingerprint density at radius 3 is 2.78 bits per heavy atom. The maximum atomic E-state index is 12.3. The average molecular weight is 242 g/mol. The van der Waals surface area contributed by atoms with Crippen molar-refractivity contribution in [3.8, 4) is 0 Å². The van der Waals surface area contributed by atoms with Gasteiger partial charge in [0.2, 0.25) is 0 Å². The molecule has 1 amide bonds. The molecule has 1 aliphatic rings. The van der Waals surface area contributed by atoms with Crippen molar-refractivity contribution in [1.29, 1.82) is 0 Å². The summed E-state index contributed by atoms with van der Waals surface area (Å²) < 4.78 is 0. The number of nitrogens with zero attached hydrogens (tertiary/aromatic N) is 1. The van der Waals surface area contributed by atoms with E-state index >= 15 is 0 Å². The van der Waals surface area contributed by atoms with Gasteiger partial charge in [0.25, 0.3) is 5.91 Å². The first-order valence-corrected chi connectivity index (χ1v) is 6.69. The molecule has 2 aromatic rings. The number of amides is 1. The Kier molecular flexibility index (Phi) is 2.82. The van der Waals surface area contributed by atoms with Gasteiger partial charge in [0.1, 0.15) is 5.69 Å². The molecule has 0 spiro atoms. The van der Waals surface area contributed by atoms with E-state index in [-0.39, 0.29) is 5.91 Å². The molecule has 1 aliphatic heterocycles. The van der Waals surface area contributed by atoms with Crippen LogP contribution in [0.15, 0.2) is 24.3 Å². The highest BCUT2D eigenvalue weighted by atomic mass is 16.2. The monoisotopic (exact) mass is 242 g/mol. The minimum Gasteiger partial charge on any atom is -0.351 e.